The molecule has 3 rings (SSSR count). The van der Waals surface area contributed by atoms with E-state index in [0.717, 1.165) is 19.3 Å². The van der Waals surface area contributed by atoms with Crippen LogP contribution in [0.25, 0.3) is 0 Å². The zero-order chi connectivity index (χ0) is 28.3. The molecule has 2 bridgehead atoms. The van der Waals surface area contributed by atoms with Crippen LogP contribution in [0, 0.1) is 17.8 Å². The van der Waals surface area contributed by atoms with E-state index in [0.29, 0.717) is 32.2 Å². The largest absolute Gasteiger partial charge is 0.465 e. The summed E-state index contributed by atoms with van der Waals surface area (Å²) in [6.07, 6.45) is 8.21. The molecular formula is C30H48N2O6. The number of aliphatic hydroxyl groups excluding tert-OH is 1. The summed E-state index contributed by atoms with van der Waals surface area (Å²) in [5, 5.41) is 10.4. The Bertz CT molecular complexity index is 905. The second-order valence-electron chi connectivity index (χ2n) is 11.6. The maximum atomic E-state index is 14.5. The molecule has 3 unspecified atom stereocenters. The third-order valence-corrected chi connectivity index (χ3v) is 9.06. The van der Waals surface area contributed by atoms with Crippen molar-refractivity contribution in [1.29, 1.82) is 0 Å². The van der Waals surface area contributed by atoms with E-state index in [4.69, 9.17) is 9.47 Å². The van der Waals surface area contributed by atoms with Gasteiger partial charge >= 0.3 is 5.97 Å². The van der Waals surface area contributed by atoms with Gasteiger partial charge in [0, 0.05) is 12.6 Å². The number of nitrogens with zero attached hydrogens (tertiary/aromatic N) is 2. The van der Waals surface area contributed by atoms with Gasteiger partial charge in [0.05, 0.1) is 30.8 Å². The van der Waals surface area contributed by atoms with Gasteiger partial charge in [0.15, 0.2) is 0 Å². The average molecular weight is 533 g/mol. The molecule has 214 valence electrons. The molecule has 0 saturated carbocycles. The summed E-state index contributed by atoms with van der Waals surface area (Å²) in [5.74, 6) is -2.64. The smallest absolute Gasteiger partial charge is 0.312 e. The Morgan fingerprint density at radius 3 is 2.50 bits per heavy atom. The minimum absolute atomic E-state index is 0.0612. The van der Waals surface area contributed by atoms with Crippen LogP contribution in [0.4, 0.5) is 0 Å². The van der Waals surface area contributed by atoms with Crippen molar-refractivity contribution in [2.75, 3.05) is 19.8 Å². The Hall–Kier alpha value is -2.19. The number of esters is 1. The quantitative estimate of drug-likeness (QED) is 0.195. The van der Waals surface area contributed by atoms with Gasteiger partial charge in [0.2, 0.25) is 11.8 Å². The van der Waals surface area contributed by atoms with Gasteiger partial charge in [-0.3, -0.25) is 14.4 Å². The molecule has 38 heavy (non-hydrogen) atoms. The SMILES string of the molecule is C=CCCCOC(=O)[C@@H]1[C@H]2C(=O)N([C@@H](CO)C(C)C)C(C(=O)N(CC=C)C(C)CCC)C23CC[C@@]1(CC)O3. The van der Waals surface area contributed by atoms with Crippen LogP contribution in [-0.2, 0) is 23.9 Å². The predicted molar refractivity (Wildman–Crippen MR) is 146 cm³/mol. The van der Waals surface area contributed by atoms with E-state index >= 15 is 0 Å². The van der Waals surface area contributed by atoms with E-state index in [1.54, 1.807) is 22.0 Å². The molecule has 2 amide bonds. The van der Waals surface area contributed by atoms with Gasteiger partial charge in [0.25, 0.3) is 0 Å². The summed E-state index contributed by atoms with van der Waals surface area (Å²) in [7, 11) is 0. The Labute approximate surface area is 228 Å². The lowest BCUT2D eigenvalue weighted by Crippen LogP contribution is -2.60. The molecular weight excluding hydrogens is 484 g/mol. The van der Waals surface area contributed by atoms with Crippen LogP contribution in [-0.4, -0.2) is 81.8 Å². The lowest BCUT2D eigenvalue weighted by Gasteiger charge is -2.42. The van der Waals surface area contributed by atoms with Crippen molar-refractivity contribution in [3.63, 3.8) is 0 Å². The van der Waals surface area contributed by atoms with Crippen LogP contribution < -0.4 is 0 Å². The van der Waals surface area contributed by atoms with Crippen molar-refractivity contribution in [1.82, 2.24) is 9.80 Å². The Morgan fingerprint density at radius 2 is 1.95 bits per heavy atom. The van der Waals surface area contributed by atoms with E-state index in [1.165, 1.54) is 0 Å². The molecule has 0 aromatic carbocycles. The maximum absolute atomic E-state index is 14.5. The zero-order valence-electron chi connectivity index (χ0n) is 24.0. The number of hydrogen-bond donors (Lipinski definition) is 1. The molecule has 1 N–H and O–H groups in total. The highest BCUT2D eigenvalue weighted by atomic mass is 16.6. The average Bonchev–Trinajstić information content (AvgIpc) is 3.49. The van der Waals surface area contributed by atoms with Crippen molar-refractivity contribution in [3.05, 3.63) is 25.3 Å². The number of amides is 2. The van der Waals surface area contributed by atoms with E-state index in [-0.39, 0.29) is 37.0 Å². The fraction of sp³-hybridized carbons (Fsp3) is 0.767. The second kappa shape index (κ2) is 12.3. The second-order valence-corrected chi connectivity index (χ2v) is 11.6. The van der Waals surface area contributed by atoms with Crippen LogP contribution >= 0.6 is 0 Å². The predicted octanol–water partition coefficient (Wildman–Crippen LogP) is 3.87. The number of carbonyl (C=O) groups excluding carboxylic acids is 3. The van der Waals surface area contributed by atoms with E-state index in [9.17, 15) is 19.5 Å². The fourth-order valence-electron chi connectivity index (χ4n) is 7.12. The first kappa shape index (κ1) is 30.4. The number of aliphatic hydroxyl groups is 1. The normalized spacial score (nSPS) is 31.3. The molecule has 3 saturated heterocycles. The summed E-state index contributed by atoms with van der Waals surface area (Å²) in [4.78, 5) is 45.7. The number of unbranched alkanes of at least 4 members (excludes halogenated alkanes) is 1. The molecule has 8 nitrogen and oxygen atoms in total. The summed E-state index contributed by atoms with van der Waals surface area (Å²) in [6, 6.07) is -1.56. The first-order chi connectivity index (χ1) is 18.1. The lowest BCUT2D eigenvalue weighted by atomic mass is 9.65. The minimum Gasteiger partial charge on any atom is -0.465 e. The Balaban J connectivity index is 2.11. The van der Waals surface area contributed by atoms with Crippen molar-refractivity contribution < 1.29 is 29.0 Å². The van der Waals surface area contributed by atoms with Crippen LogP contribution in [0.3, 0.4) is 0 Å². The molecule has 0 aliphatic carbocycles. The third kappa shape index (κ3) is 4.94. The van der Waals surface area contributed by atoms with Crippen molar-refractivity contribution in [3.8, 4) is 0 Å². The molecule has 3 heterocycles. The molecule has 3 aliphatic rings. The monoisotopic (exact) mass is 532 g/mol. The molecule has 7 atom stereocenters. The standard InChI is InChI=1S/C30H48N2O6/c1-8-12-13-18-37-28(36)24-23-26(34)32(22(19-33)20(5)6)25(30(23)16-15-29(24,11-4)38-30)27(35)31(17-10-3)21(7)14-9-2/h8,10,20-25,33H,1,3,9,11-19H2,2,4-7H3/t21?,22-,23-,24-,25?,29+,30?/m0/s1. The van der Waals surface area contributed by atoms with Crippen molar-refractivity contribution >= 4 is 17.8 Å². The first-order valence-corrected chi connectivity index (χ1v) is 14.4. The highest BCUT2D eigenvalue weighted by Gasteiger charge is 2.79. The van der Waals surface area contributed by atoms with Crippen LogP contribution in [0.1, 0.15) is 79.6 Å². The zero-order valence-corrected chi connectivity index (χ0v) is 24.0. The molecule has 3 fully saturated rings. The summed E-state index contributed by atoms with van der Waals surface area (Å²) in [5.41, 5.74) is -1.98. The Kier molecular flexibility index (Phi) is 9.85. The van der Waals surface area contributed by atoms with Gasteiger partial charge in [-0.15, -0.1) is 13.2 Å². The summed E-state index contributed by atoms with van der Waals surface area (Å²) >= 11 is 0. The third-order valence-electron chi connectivity index (χ3n) is 9.06. The summed E-state index contributed by atoms with van der Waals surface area (Å²) in [6.45, 7) is 17.8. The van der Waals surface area contributed by atoms with E-state index < -0.39 is 41.1 Å². The molecule has 0 aromatic heterocycles. The molecule has 0 aromatic rings. The maximum Gasteiger partial charge on any atom is 0.312 e. The van der Waals surface area contributed by atoms with Gasteiger partial charge in [-0.2, -0.15) is 0 Å². The molecule has 1 spiro atoms. The number of fused-ring (bicyclic) bond motifs is 1. The van der Waals surface area contributed by atoms with E-state index in [1.807, 2.05) is 27.7 Å². The van der Waals surface area contributed by atoms with Gasteiger partial charge in [-0.1, -0.05) is 46.3 Å². The lowest BCUT2D eigenvalue weighted by molar-refractivity contribution is -0.164. The molecule has 8 heteroatoms. The number of rotatable bonds is 15. The minimum atomic E-state index is -1.14. The molecule has 3 aliphatic heterocycles. The highest BCUT2D eigenvalue weighted by Crippen LogP contribution is 2.65. The topological polar surface area (TPSA) is 96.4 Å². The van der Waals surface area contributed by atoms with Crippen LogP contribution in [0.5, 0.6) is 0 Å². The van der Waals surface area contributed by atoms with Gasteiger partial charge in [-0.25, -0.2) is 0 Å². The first-order valence-electron chi connectivity index (χ1n) is 14.4. The number of carbonyl (C=O) groups is 3. The summed E-state index contributed by atoms with van der Waals surface area (Å²) < 4.78 is 12.5. The highest BCUT2D eigenvalue weighted by molar-refractivity contribution is 5.99. The number of likely N-dealkylation sites (tertiary alicyclic amines) is 1. The van der Waals surface area contributed by atoms with Crippen molar-refractivity contribution in [2.24, 2.45) is 17.8 Å². The fourth-order valence-corrected chi connectivity index (χ4v) is 7.12. The van der Waals surface area contributed by atoms with E-state index in [2.05, 4.69) is 20.1 Å². The van der Waals surface area contributed by atoms with Crippen LogP contribution in [0.15, 0.2) is 25.3 Å². The Morgan fingerprint density at radius 1 is 1.24 bits per heavy atom. The van der Waals surface area contributed by atoms with Crippen molar-refractivity contribution in [2.45, 2.75) is 109 Å². The van der Waals surface area contributed by atoms with Gasteiger partial charge in [-0.05, 0) is 51.4 Å². The van der Waals surface area contributed by atoms with Gasteiger partial charge in [0.1, 0.15) is 17.6 Å². The van der Waals surface area contributed by atoms with Crippen LogP contribution in [0.2, 0.25) is 0 Å². The molecule has 0 radical (unpaired) electrons. The van der Waals surface area contributed by atoms with Gasteiger partial charge < -0.3 is 24.4 Å². The number of hydrogen-bond acceptors (Lipinski definition) is 6. The number of allylic oxidation sites excluding steroid dienone is 1. The number of ether oxygens (including phenoxy) is 2.